The lowest BCUT2D eigenvalue weighted by molar-refractivity contribution is -0.133. The number of benzene rings is 1. The molecular formula is C17H26N4O4S. The number of nitrogens with one attached hydrogen (secondary N) is 1. The lowest BCUT2D eigenvalue weighted by Gasteiger charge is -2.25. The standard InChI is InChI=1S/C17H26N4O4S/c1-19(2)17(23)15-9-6-10-21(15)12-16(22)18-13-7-5-8-14(11-13)26(24,25)20(3)4/h5,7-8,11,15H,6,9-10,12H2,1-4H3,(H,18,22)/t15-/m1/s1. The summed E-state index contributed by atoms with van der Waals surface area (Å²) in [5.41, 5.74) is 0.410. The van der Waals surface area contributed by atoms with Gasteiger partial charge in [0.15, 0.2) is 0 Å². The zero-order valence-electron chi connectivity index (χ0n) is 15.6. The monoisotopic (exact) mass is 382 g/mol. The fraction of sp³-hybridized carbons (Fsp3) is 0.529. The van der Waals surface area contributed by atoms with Gasteiger partial charge in [0, 0.05) is 33.9 Å². The van der Waals surface area contributed by atoms with Crippen molar-refractivity contribution in [3.8, 4) is 0 Å². The summed E-state index contributed by atoms with van der Waals surface area (Å²) in [6.45, 7) is 0.779. The van der Waals surface area contributed by atoms with Crippen LogP contribution in [0.5, 0.6) is 0 Å². The summed E-state index contributed by atoms with van der Waals surface area (Å²) in [5.74, 6) is -0.280. The maximum absolute atomic E-state index is 12.4. The fourth-order valence-corrected chi connectivity index (χ4v) is 3.87. The van der Waals surface area contributed by atoms with E-state index in [1.165, 1.54) is 31.1 Å². The molecule has 1 heterocycles. The van der Waals surface area contributed by atoms with Crippen molar-refractivity contribution in [2.24, 2.45) is 0 Å². The Morgan fingerprint density at radius 2 is 1.92 bits per heavy atom. The number of amides is 2. The maximum Gasteiger partial charge on any atom is 0.242 e. The molecule has 1 N–H and O–H groups in total. The molecule has 0 aliphatic carbocycles. The van der Waals surface area contributed by atoms with Crippen molar-refractivity contribution in [1.29, 1.82) is 0 Å². The predicted octanol–water partition coefficient (Wildman–Crippen LogP) is 0.428. The van der Waals surface area contributed by atoms with Crippen LogP contribution in [0.1, 0.15) is 12.8 Å². The van der Waals surface area contributed by atoms with Gasteiger partial charge in [-0.3, -0.25) is 14.5 Å². The van der Waals surface area contributed by atoms with Gasteiger partial charge in [-0.1, -0.05) is 6.07 Å². The van der Waals surface area contributed by atoms with Gasteiger partial charge in [-0.15, -0.1) is 0 Å². The number of carbonyl (C=O) groups is 2. The van der Waals surface area contributed by atoms with Crippen LogP contribution in [0.15, 0.2) is 29.2 Å². The third-order valence-corrected chi connectivity index (χ3v) is 6.14. The predicted molar refractivity (Wildman–Crippen MR) is 99.2 cm³/mol. The van der Waals surface area contributed by atoms with Crippen LogP contribution >= 0.6 is 0 Å². The van der Waals surface area contributed by atoms with E-state index in [4.69, 9.17) is 0 Å². The molecule has 0 spiro atoms. The number of rotatable bonds is 6. The molecule has 144 valence electrons. The fourth-order valence-electron chi connectivity index (χ4n) is 2.92. The van der Waals surface area contributed by atoms with E-state index in [2.05, 4.69) is 5.32 Å². The highest BCUT2D eigenvalue weighted by atomic mass is 32.2. The molecular weight excluding hydrogens is 356 g/mol. The van der Waals surface area contributed by atoms with E-state index in [1.54, 1.807) is 26.2 Å². The molecule has 0 aromatic heterocycles. The second kappa shape index (κ2) is 8.15. The van der Waals surface area contributed by atoms with Crippen molar-refractivity contribution in [2.45, 2.75) is 23.8 Å². The smallest absolute Gasteiger partial charge is 0.242 e. The van der Waals surface area contributed by atoms with Gasteiger partial charge in [-0.2, -0.15) is 0 Å². The molecule has 8 nitrogen and oxygen atoms in total. The second-order valence-electron chi connectivity index (χ2n) is 6.72. The number of sulfonamides is 1. The zero-order chi connectivity index (χ0) is 19.5. The summed E-state index contributed by atoms with van der Waals surface area (Å²) >= 11 is 0. The summed E-state index contributed by atoms with van der Waals surface area (Å²) in [7, 11) is 2.75. The lowest BCUT2D eigenvalue weighted by atomic mass is 10.2. The Hall–Kier alpha value is -1.97. The number of likely N-dealkylation sites (tertiary alicyclic amines) is 1. The summed E-state index contributed by atoms with van der Waals surface area (Å²) in [6.07, 6.45) is 1.61. The molecule has 1 aliphatic heterocycles. The third-order valence-electron chi connectivity index (χ3n) is 4.33. The molecule has 1 fully saturated rings. The van der Waals surface area contributed by atoms with Gasteiger partial charge in [0.05, 0.1) is 17.5 Å². The lowest BCUT2D eigenvalue weighted by Crippen LogP contribution is -2.45. The molecule has 1 aromatic carbocycles. The first kappa shape index (κ1) is 20.3. The van der Waals surface area contributed by atoms with E-state index in [0.29, 0.717) is 12.2 Å². The van der Waals surface area contributed by atoms with Gasteiger partial charge < -0.3 is 10.2 Å². The van der Waals surface area contributed by atoms with Gasteiger partial charge in [-0.05, 0) is 37.6 Å². The topological polar surface area (TPSA) is 90.0 Å². The van der Waals surface area contributed by atoms with E-state index in [0.717, 1.165) is 17.1 Å². The van der Waals surface area contributed by atoms with Gasteiger partial charge >= 0.3 is 0 Å². The number of anilines is 1. The van der Waals surface area contributed by atoms with Crippen molar-refractivity contribution < 1.29 is 18.0 Å². The normalized spacial score (nSPS) is 18.1. The largest absolute Gasteiger partial charge is 0.347 e. The first-order valence-corrected chi connectivity index (χ1v) is 9.84. The second-order valence-corrected chi connectivity index (χ2v) is 8.88. The van der Waals surface area contributed by atoms with Crippen LogP contribution in [0.2, 0.25) is 0 Å². The van der Waals surface area contributed by atoms with Crippen molar-refractivity contribution in [3.05, 3.63) is 24.3 Å². The number of carbonyl (C=O) groups excluding carboxylic acids is 2. The van der Waals surface area contributed by atoms with E-state index in [9.17, 15) is 18.0 Å². The average molecular weight is 382 g/mol. The van der Waals surface area contributed by atoms with E-state index >= 15 is 0 Å². The first-order valence-electron chi connectivity index (χ1n) is 8.40. The molecule has 9 heteroatoms. The summed E-state index contributed by atoms with van der Waals surface area (Å²) in [4.78, 5) is 28.1. The average Bonchev–Trinajstić information content (AvgIpc) is 3.01. The maximum atomic E-state index is 12.4. The molecule has 2 rings (SSSR count). The van der Waals surface area contributed by atoms with Crippen LogP contribution in [-0.4, -0.2) is 81.7 Å². The quantitative estimate of drug-likeness (QED) is 0.771. The molecule has 0 radical (unpaired) electrons. The van der Waals surface area contributed by atoms with Crippen LogP contribution in [0.25, 0.3) is 0 Å². The Balaban J connectivity index is 2.05. The van der Waals surface area contributed by atoms with E-state index in [-0.39, 0.29) is 29.3 Å². The minimum atomic E-state index is -3.57. The minimum Gasteiger partial charge on any atom is -0.347 e. The Morgan fingerprint density at radius 3 is 2.54 bits per heavy atom. The van der Waals surface area contributed by atoms with Crippen LogP contribution in [0.3, 0.4) is 0 Å². The molecule has 2 amide bonds. The van der Waals surface area contributed by atoms with Crippen LogP contribution in [-0.2, 0) is 19.6 Å². The molecule has 0 unspecified atom stereocenters. The zero-order valence-corrected chi connectivity index (χ0v) is 16.4. The molecule has 1 saturated heterocycles. The molecule has 1 aromatic rings. The minimum absolute atomic E-state index is 0.00521. The number of hydrogen-bond donors (Lipinski definition) is 1. The van der Waals surface area contributed by atoms with E-state index < -0.39 is 10.0 Å². The highest BCUT2D eigenvalue weighted by molar-refractivity contribution is 7.89. The number of likely N-dealkylation sites (N-methyl/N-ethyl adjacent to an activating group) is 1. The first-order chi connectivity index (χ1) is 12.1. The highest BCUT2D eigenvalue weighted by Crippen LogP contribution is 2.20. The van der Waals surface area contributed by atoms with Crippen LogP contribution < -0.4 is 5.32 Å². The molecule has 1 atom stereocenters. The van der Waals surface area contributed by atoms with Crippen LogP contribution in [0, 0.1) is 0 Å². The summed E-state index contributed by atoms with van der Waals surface area (Å²) < 4.78 is 25.5. The molecule has 26 heavy (non-hydrogen) atoms. The van der Waals surface area contributed by atoms with Crippen molar-refractivity contribution in [1.82, 2.24) is 14.1 Å². The van der Waals surface area contributed by atoms with E-state index in [1.807, 2.05) is 4.90 Å². The highest BCUT2D eigenvalue weighted by Gasteiger charge is 2.32. The third kappa shape index (κ3) is 4.60. The van der Waals surface area contributed by atoms with Crippen molar-refractivity contribution >= 4 is 27.5 Å². The van der Waals surface area contributed by atoms with Gasteiger partial charge in [0.25, 0.3) is 0 Å². The summed E-state index contributed by atoms with van der Waals surface area (Å²) in [6, 6.07) is 5.85. The number of nitrogens with zero attached hydrogens (tertiary/aromatic N) is 3. The summed E-state index contributed by atoms with van der Waals surface area (Å²) in [5, 5.41) is 2.72. The van der Waals surface area contributed by atoms with Crippen molar-refractivity contribution in [3.63, 3.8) is 0 Å². The Bertz CT molecular complexity index is 777. The number of hydrogen-bond acceptors (Lipinski definition) is 5. The Morgan fingerprint density at radius 1 is 1.23 bits per heavy atom. The Labute approximate surface area is 154 Å². The molecule has 0 bridgehead atoms. The van der Waals surface area contributed by atoms with Gasteiger partial charge in [-0.25, -0.2) is 12.7 Å². The Kier molecular flexibility index (Phi) is 6.38. The van der Waals surface area contributed by atoms with Gasteiger partial charge in [0.2, 0.25) is 21.8 Å². The van der Waals surface area contributed by atoms with Gasteiger partial charge in [0.1, 0.15) is 0 Å². The SMILES string of the molecule is CN(C)C(=O)[C@H]1CCCN1CC(=O)Nc1cccc(S(=O)(=O)N(C)C)c1. The van der Waals surface area contributed by atoms with Crippen molar-refractivity contribution in [2.75, 3.05) is 46.6 Å². The molecule has 1 aliphatic rings. The van der Waals surface area contributed by atoms with Crippen LogP contribution in [0.4, 0.5) is 5.69 Å². The molecule has 0 saturated carbocycles.